The minimum atomic E-state index is -0.506. The van der Waals surface area contributed by atoms with Gasteiger partial charge in [-0.3, -0.25) is 14.0 Å². The molecular weight excluding hydrogens is 1080 g/mol. The predicted molar refractivity (Wildman–Crippen MR) is 307 cm³/mol. The van der Waals surface area contributed by atoms with Gasteiger partial charge in [-0.15, -0.1) is 0 Å². The second kappa shape index (κ2) is 23.4. The van der Waals surface area contributed by atoms with Gasteiger partial charge in [0.15, 0.2) is 34.4 Å². The molecule has 3 aliphatic rings. The van der Waals surface area contributed by atoms with Crippen LogP contribution >= 0.6 is 0 Å². The van der Waals surface area contributed by atoms with E-state index < -0.39 is 16.8 Å². The third-order valence-electron chi connectivity index (χ3n) is 13.5. The van der Waals surface area contributed by atoms with Gasteiger partial charge in [-0.05, 0) is 81.6 Å². The van der Waals surface area contributed by atoms with Gasteiger partial charge >= 0.3 is 18.3 Å². The number of aryl methyl sites for hydroxylation is 3. The van der Waals surface area contributed by atoms with E-state index in [0.29, 0.717) is 73.7 Å². The quantitative estimate of drug-likeness (QED) is 0.123. The van der Waals surface area contributed by atoms with E-state index in [1.807, 2.05) is 121 Å². The third kappa shape index (κ3) is 14.2. The fraction of sp³-hybridized carbons (Fsp3) is 0.500. The monoisotopic (exact) mass is 1150 g/mol. The molecular formula is C54H72N24O6. The molecule has 0 aliphatic carbocycles. The van der Waals surface area contributed by atoms with Gasteiger partial charge in [-0.25, -0.2) is 57.8 Å². The molecule has 3 aliphatic heterocycles. The van der Waals surface area contributed by atoms with Crippen LogP contribution < -0.4 is 16.0 Å². The molecule has 0 saturated carbocycles. The Morgan fingerprint density at radius 2 is 0.702 bits per heavy atom. The van der Waals surface area contributed by atoms with E-state index in [0.717, 1.165) is 53.4 Å². The number of hydrogen-bond acceptors (Lipinski definition) is 21. The van der Waals surface area contributed by atoms with E-state index >= 15 is 0 Å². The van der Waals surface area contributed by atoms with E-state index in [2.05, 4.69) is 61.5 Å². The number of hydrogen-bond donors (Lipinski definition) is 3. The van der Waals surface area contributed by atoms with Crippen LogP contribution in [0.25, 0.3) is 16.9 Å². The molecule has 3 amide bonds. The first-order valence-corrected chi connectivity index (χ1v) is 27.7. The van der Waals surface area contributed by atoms with E-state index in [1.54, 1.807) is 60.9 Å². The van der Waals surface area contributed by atoms with Crippen LogP contribution in [-0.2, 0) is 35.4 Å². The van der Waals surface area contributed by atoms with Gasteiger partial charge in [0, 0.05) is 96.8 Å². The number of rotatable bonds is 9. The molecule has 0 aromatic carbocycles. The summed E-state index contributed by atoms with van der Waals surface area (Å²) in [4.78, 5) is 69.5. The third-order valence-corrected chi connectivity index (χ3v) is 13.5. The summed E-state index contributed by atoms with van der Waals surface area (Å²) in [6.07, 6.45) is 22.5. The van der Waals surface area contributed by atoms with Crippen molar-refractivity contribution < 1.29 is 28.6 Å². The Kier molecular flexibility index (Phi) is 16.1. The lowest BCUT2D eigenvalue weighted by atomic mass is 10.1. The number of fused-ring (bicyclic) bond motifs is 3. The van der Waals surface area contributed by atoms with Crippen LogP contribution in [0.2, 0.25) is 0 Å². The van der Waals surface area contributed by atoms with E-state index in [-0.39, 0.29) is 36.0 Å². The van der Waals surface area contributed by atoms with Gasteiger partial charge in [0.25, 0.3) is 0 Å². The largest absolute Gasteiger partial charge is 0.444 e. The summed E-state index contributed by atoms with van der Waals surface area (Å²) >= 11 is 0. The number of carbonyl (C=O) groups is 3. The molecule has 3 atom stereocenters. The molecule has 9 aromatic heterocycles. The highest BCUT2D eigenvalue weighted by atomic mass is 16.6. The van der Waals surface area contributed by atoms with Crippen molar-refractivity contribution in [2.75, 3.05) is 55.2 Å². The maximum atomic E-state index is 12.4. The van der Waals surface area contributed by atoms with Gasteiger partial charge in [0.2, 0.25) is 0 Å². The highest BCUT2D eigenvalue weighted by molar-refractivity contribution is 5.73. The average molecular weight is 1150 g/mol. The first kappa shape index (κ1) is 57.7. The van der Waals surface area contributed by atoms with Gasteiger partial charge < -0.3 is 44.9 Å². The summed E-state index contributed by atoms with van der Waals surface area (Å²) in [7, 11) is 5.56. The van der Waals surface area contributed by atoms with Crippen molar-refractivity contribution in [3.05, 3.63) is 91.8 Å². The molecule has 12 rings (SSSR count). The molecule has 444 valence electrons. The van der Waals surface area contributed by atoms with E-state index in [4.69, 9.17) is 29.2 Å². The number of likely N-dealkylation sites (tertiary alicyclic amines) is 3. The summed E-state index contributed by atoms with van der Waals surface area (Å²) in [6.45, 7) is 20.4. The Labute approximate surface area is 483 Å². The molecule has 84 heavy (non-hydrogen) atoms. The van der Waals surface area contributed by atoms with Gasteiger partial charge in [0.1, 0.15) is 35.8 Å². The topological polar surface area (TPSA) is 307 Å². The lowest BCUT2D eigenvalue weighted by Crippen LogP contribution is -2.35. The smallest absolute Gasteiger partial charge is 0.410 e. The van der Waals surface area contributed by atoms with Crippen molar-refractivity contribution in [2.45, 2.75) is 116 Å². The zero-order valence-corrected chi connectivity index (χ0v) is 49.4. The Morgan fingerprint density at radius 1 is 0.429 bits per heavy atom. The minimum Gasteiger partial charge on any atom is -0.444 e. The first-order chi connectivity index (χ1) is 39.8. The Morgan fingerprint density at radius 3 is 0.940 bits per heavy atom. The number of amides is 3. The standard InChI is InChI=1S/3C18H24N8O2/c3*1-18(2,3)28-17(27)25-6-5-12(8-25)14-10-26-16(19-11-21-26)15(23-14)22-13-7-20-24(4)9-13/h3*7,9-12H,5-6,8H2,1-4H3,(H,22,23)/t2*12-;/m10./s1. The second-order valence-corrected chi connectivity index (χ2v) is 23.9. The summed E-state index contributed by atoms with van der Waals surface area (Å²) < 4.78 is 26.7. The van der Waals surface area contributed by atoms with E-state index in [1.165, 1.54) is 19.0 Å². The van der Waals surface area contributed by atoms with Crippen LogP contribution in [0, 0.1) is 0 Å². The summed E-state index contributed by atoms with van der Waals surface area (Å²) in [5.74, 6) is 2.15. The molecule has 30 heteroatoms. The zero-order valence-electron chi connectivity index (χ0n) is 49.4. The van der Waals surface area contributed by atoms with E-state index in [9.17, 15) is 14.4 Å². The van der Waals surface area contributed by atoms with Crippen molar-refractivity contribution in [2.24, 2.45) is 21.1 Å². The van der Waals surface area contributed by atoms with Crippen molar-refractivity contribution in [3.8, 4) is 0 Å². The normalized spacial score (nSPS) is 17.3. The van der Waals surface area contributed by atoms with Crippen LogP contribution in [0.3, 0.4) is 0 Å². The highest BCUT2D eigenvalue weighted by Gasteiger charge is 2.35. The van der Waals surface area contributed by atoms with Crippen LogP contribution in [-0.4, -0.2) is 177 Å². The molecule has 3 N–H and O–H groups in total. The molecule has 3 saturated heterocycles. The van der Waals surface area contributed by atoms with Crippen LogP contribution in [0.15, 0.2) is 74.8 Å². The van der Waals surface area contributed by atoms with Crippen LogP contribution in [0.5, 0.6) is 0 Å². The fourth-order valence-electron chi connectivity index (χ4n) is 9.73. The number of aromatic nitrogens is 18. The fourth-order valence-corrected chi connectivity index (χ4v) is 9.73. The Hall–Kier alpha value is -9.51. The van der Waals surface area contributed by atoms with Crippen LogP contribution in [0.1, 0.15) is 116 Å². The first-order valence-electron chi connectivity index (χ1n) is 27.7. The lowest BCUT2D eigenvalue weighted by Gasteiger charge is -2.24. The van der Waals surface area contributed by atoms with Gasteiger partial charge in [-0.2, -0.15) is 30.6 Å². The zero-order chi connectivity index (χ0) is 59.7. The predicted octanol–water partition coefficient (Wildman–Crippen LogP) is 6.98. The Balaban J connectivity index is 0.000000140. The number of nitrogens with zero attached hydrogens (tertiary/aromatic N) is 21. The summed E-state index contributed by atoms with van der Waals surface area (Å²) in [5, 5.41) is 35.1. The summed E-state index contributed by atoms with van der Waals surface area (Å²) in [6, 6.07) is 0. The summed E-state index contributed by atoms with van der Waals surface area (Å²) in [5.41, 5.74) is 5.41. The van der Waals surface area contributed by atoms with Gasteiger partial charge in [0.05, 0.1) is 71.3 Å². The molecule has 9 aromatic rings. The maximum absolute atomic E-state index is 12.4. The number of carbonyl (C=O) groups excluding carboxylic acids is 3. The molecule has 0 spiro atoms. The lowest BCUT2D eigenvalue weighted by molar-refractivity contribution is 0.0282. The SMILES string of the molecule is Cn1cc(Nc2nc(C3CCN(C(=O)OC(C)(C)C)C3)cn3ncnc23)cn1.Cn1cc(Nc2nc([C@@H]3CCN(C(=O)OC(C)(C)C)C3)cn3ncnc23)cn1.Cn1cc(Nc2nc([C@H]3CCN(C(=O)OC(C)(C)C)C3)cn3ncnc23)cn1. The molecule has 0 bridgehead atoms. The maximum Gasteiger partial charge on any atom is 0.410 e. The number of ether oxygens (including phenoxy) is 3. The Bertz CT molecular complexity index is 3390. The second-order valence-electron chi connectivity index (χ2n) is 23.9. The molecule has 30 nitrogen and oxygen atoms in total. The van der Waals surface area contributed by atoms with Crippen molar-refractivity contribution in [1.82, 2.24) is 103 Å². The van der Waals surface area contributed by atoms with Gasteiger partial charge in [-0.1, -0.05) is 0 Å². The van der Waals surface area contributed by atoms with Crippen LogP contribution in [0.4, 0.5) is 48.9 Å². The minimum absolute atomic E-state index is 0.107. The van der Waals surface area contributed by atoms with Crippen molar-refractivity contribution in [3.63, 3.8) is 0 Å². The molecule has 3 fully saturated rings. The highest BCUT2D eigenvalue weighted by Crippen LogP contribution is 2.33. The molecule has 12 heterocycles. The average Bonchev–Trinajstić information content (AvgIpc) is 4.04. The van der Waals surface area contributed by atoms with Crippen molar-refractivity contribution >= 4 is 69.7 Å². The molecule has 0 radical (unpaired) electrons. The number of nitrogens with one attached hydrogen (secondary N) is 3. The van der Waals surface area contributed by atoms with Crippen molar-refractivity contribution in [1.29, 1.82) is 0 Å². The molecule has 1 unspecified atom stereocenters. The number of anilines is 6.